The van der Waals surface area contributed by atoms with Crippen LogP contribution in [0.1, 0.15) is 93.9 Å². The molecule has 4 heterocycles. The van der Waals surface area contributed by atoms with E-state index in [9.17, 15) is 19.8 Å². The Morgan fingerprint density at radius 1 is 1.15 bits per heavy atom. The van der Waals surface area contributed by atoms with Gasteiger partial charge >= 0.3 is 11.9 Å². The number of aliphatic hydroxyl groups excluding tert-OH is 1. The summed E-state index contributed by atoms with van der Waals surface area (Å²) in [6.07, 6.45) is 11.6. The molecule has 3 unspecified atom stereocenters. The highest BCUT2D eigenvalue weighted by Gasteiger charge is 2.62. The second kappa shape index (κ2) is 15.7. The van der Waals surface area contributed by atoms with Crippen molar-refractivity contribution in [2.75, 3.05) is 6.61 Å². The van der Waals surface area contributed by atoms with Gasteiger partial charge in [-0.3, -0.25) is 9.59 Å². The molecule has 2 N–H and O–H groups in total. The Hall–Kier alpha value is -1.60. The molecule has 1 spiro atoms. The van der Waals surface area contributed by atoms with Gasteiger partial charge in [0.05, 0.1) is 28.1 Å². The van der Waals surface area contributed by atoms with Gasteiger partial charge in [-0.2, -0.15) is 0 Å². The third-order valence-electron chi connectivity index (χ3n) is 13.2. The van der Waals surface area contributed by atoms with Crippen molar-refractivity contribution in [3.05, 3.63) is 56.6 Å². The molecule has 9 nitrogen and oxygen atoms in total. The van der Waals surface area contributed by atoms with Crippen LogP contribution >= 0.6 is 31.9 Å². The molecule has 53 heavy (non-hydrogen) atoms. The van der Waals surface area contributed by atoms with E-state index >= 15 is 0 Å². The lowest BCUT2D eigenvalue weighted by Crippen LogP contribution is -2.58. The predicted octanol–water partition coefficient (Wildman–Crippen LogP) is 7.99. The molecule has 6 rings (SSSR count). The molecule has 294 valence electrons. The van der Waals surface area contributed by atoms with Crippen LogP contribution in [-0.2, 0) is 33.3 Å². The Kier molecular flexibility index (Phi) is 12.2. The molecule has 2 aliphatic carbocycles. The Bertz CT molecular complexity index is 1570. The first-order chi connectivity index (χ1) is 24.9. The summed E-state index contributed by atoms with van der Waals surface area (Å²) >= 11 is 6.91. The number of carbonyl (C=O) groups excluding carboxylic acids is 2. The van der Waals surface area contributed by atoms with Gasteiger partial charge in [0.1, 0.15) is 35.9 Å². The predicted molar refractivity (Wildman–Crippen MR) is 209 cm³/mol. The van der Waals surface area contributed by atoms with Crippen molar-refractivity contribution in [1.29, 1.82) is 0 Å². The second-order valence-electron chi connectivity index (χ2n) is 17.3. The lowest BCUT2D eigenvalue weighted by molar-refractivity contribution is -0.340. The van der Waals surface area contributed by atoms with Crippen LogP contribution in [0.15, 0.2) is 56.6 Å². The van der Waals surface area contributed by atoms with Crippen molar-refractivity contribution in [3.63, 3.8) is 0 Å². The first kappa shape index (κ1) is 41.0. The molecule has 1 saturated carbocycles. The lowest BCUT2D eigenvalue weighted by Gasteiger charge is -2.51. The largest absolute Gasteiger partial charge is 0.462 e. The zero-order valence-corrected chi connectivity index (χ0v) is 35.5. The normalized spacial score (nSPS) is 45.6. The SMILES string of the molecule is CCC(C)[C@H]1O[C@]2(CC[C@@H]1C)C[C@@H]1C[C@@H](C/C=C(\C)[C@@H](OC(=O)C3C(C=C(Br)Br)C3(C)C)[C@@H](C)/C=C/C=C3\CO[C@@H]4[C@H](O)C(C)=C[C@@H](C(=O)O1)[C@]34O)O2. The van der Waals surface area contributed by atoms with Crippen LogP contribution in [0.2, 0.25) is 0 Å². The number of esters is 2. The van der Waals surface area contributed by atoms with Crippen LogP contribution in [0, 0.1) is 40.9 Å². The van der Waals surface area contributed by atoms with Crippen LogP contribution in [0.25, 0.3) is 0 Å². The third kappa shape index (κ3) is 8.01. The molecule has 0 radical (unpaired) electrons. The van der Waals surface area contributed by atoms with Crippen molar-refractivity contribution in [3.8, 4) is 0 Å². The third-order valence-corrected chi connectivity index (χ3v) is 13.7. The average Bonchev–Trinajstić information content (AvgIpc) is 3.45. The van der Waals surface area contributed by atoms with Crippen LogP contribution in [0.3, 0.4) is 0 Å². The van der Waals surface area contributed by atoms with E-state index < -0.39 is 47.7 Å². The first-order valence-electron chi connectivity index (χ1n) is 19.5. The fourth-order valence-corrected chi connectivity index (χ4v) is 10.1. The molecule has 4 aliphatic heterocycles. The van der Waals surface area contributed by atoms with E-state index in [2.05, 4.69) is 72.6 Å². The van der Waals surface area contributed by atoms with Crippen LogP contribution in [0.5, 0.6) is 0 Å². The number of carbonyl (C=O) groups is 2. The Labute approximate surface area is 331 Å². The van der Waals surface area contributed by atoms with Gasteiger partial charge in [0.15, 0.2) is 5.79 Å². The van der Waals surface area contributed by atoms with Crippen molar-refractivity contribution in [2.24, 2.45) is 40.9 Å². The van der Waals surface area contributed by atoms with Crippen LogP contribution in [0.4, 0.5) is 0 Å². The summed E-state index contributed by atoms with van der Waals surface area (Å²) < 4.78 is 33.4. The van der Waals surface area contributed by atoms with E-state index in [-0.39, 0.29) is 48.0 Å². The molecule has 2 bridgehead atoms. The van der Waals surface area contributed by atoms with Gasteiger partial charge in [-0.15, -0.1) is 0 Å². The maximum Gasteiger partial charge on any atom is 0.316 e. The van der Waals surface area contributed by atoms with E-state index in [4.69, 9.17) is 23.7 Å². The summed E-state index contributed by atoms with van der Waals surface area (Å²) in [4.78, 5) is 28.1. The zero-order valence-electron chi connectivity index (χ0n) is 32.4. The number of fused-ring (bicyclic) bond motifs is 2. The molecular formula is C42H58Br2O9. The number of ether oxygens (including phenoxy) is 5. The number of aliphatic hydroxyl groups is 2. The number of rotatable bonds is 5. The molecule has 6 aliphatic rings. The summed E-state index contributed by atoms with van der Waals surface area (Å²) in [5.41, 5.74) is -0.136. The minimum Gasteiger partial charge on any atom is -0.462 e. The maximum absolute atomic E-state index is 14.2. The summed E-state index contributed by atoms with van der Waals surface area (Å²) in [7, 11) is 0. The Morgan fingerprint density at radius 2 is 1.89 bits per heavy atom. The maximum atomic E-state index is 14.2. The molecule has 4 fully saturated rings. The van der Waals surface area contributed by atoms with Gasteiger partial charge in [-0.1, -0.05) is 84.4 Å². The number of hydrogen-bond donors (Lipinski definition) is 2. The van der Waals surface area contributed by atoms with E-state index in [1.807, 2.05) is 32.1 Å². The van der Waals surface area contributed by atoms with Crippen LogP contribution < -0.4 is 0 Å². The van der Waals surface area contributed by atoms with Gasteiger partial charge < -0.3 is 33.9 Å². The van der Waals surface area contributed by atoms with Gasteiger partial charge in [-0.25, -0.2) is 0 Å². The Morgan fingerprint density at radius 3 is 2.58 bits per heavy atom. The van der Waals surface area contributed by atoms with E-state index in [0.717, 1.165) is 21.8 Å². The fourth-order valence-electron chi connectivity index (χ4n) is 9.52. The van der Waals surface area contributed by atoms with Crippen molar-refractivity contribution < 1.29 is 43.5 Å². The molecule has 0 aromatic rings. The molecule has 3 saturated heterocycles. The Balaban J connectivity index is 1.38. The lowest BCUT2D eigenvalue weighted by atomic mass is 9.71. The summed E-state index contributed by atoms with van der Waals surface area (Å²) in [6.45, 7) is 16.5. The monoisotopic (exact) mass is 864 g/mol. The summed E-state index contributed by atoms with van der Waals surface area (Å²) in [5, 5.41) is 23.5. The van der Waals surface area contributed by atoms with Gasteiger partial charge in [-0.05, 0) is 98.4 Å². The van der Waals surface area contributed by atoms with Crippen molar-refractivity contribution in [2.45, 2.75) is 142 Å². The molecule has 11 heteroatoms. The highest BCUT2D eigenvalue weighted by atomic mass is 79.9. The zero-order chi connectivity index (χ0) is 38.6. The molecular weight excluding hydrogens is 808 g/mol. The molecule has 0 amide bonds. The average molecular weight is 867 g/mol. The van der Waals surface area contributed by atoms with Crippen LogP contribution in [-0.4, -0.2) is 76.8 Å². The van der Waals surface area contributed by atoms with Gasteiger partial charge in [0.25, 0.3) is 0 Å². The molecule has 0 aromatic carbocycles. The molecule has 0 aromatic heterocycles. The van der Waals surface area contributed by atoms with E-state index in [0.29, 0.717) is 48.7 Å². The minimum absolute atomic E-state index is 0.00106. The topological polar surface area (TPSA) is 121 Å². The highest BCUT2D eigenvalue weighted by molar-refractivity contribution is 9.28. The molecule has 14 atom stereocenters. The fraction of sp³-hybridized carbons (Fsp3) is 0.714. The summed E-state index contributed by atoms with van der Waals surface area (Å²) in [5.74, 6) is -2.62. The number of hydrogen-bond acceptors (Lipinski definition) is 9. The number of halogens is 2. The van der Waals surface area contributed by atoms with E-state index in [1.54, 1.807) is 19.1 Å². The standard InChI is InChI=1S/C42H58Br2O9/c1-9-22(2)36-25(5)15-16-41(53-36)20-29-18-28(52-41)14-13-24(4)35(51-39(47)33-30(19-32(43)44)40(33,7)8)23(3)11-10-12-27-21-49-37-34(45)26(6)17-31(38(46)50-29)42(27,37)48/h10-13,17,19,22-23,25,28-31,33-37,45,48H,9,14-16,18,20-21H2,1-8H3/b11-10+,24-13+,27-12+/t22?,23-,25-,28+,29-,30?,31-,33?,34+,35-,36+,37+,41+,42+/m0/s1. The summed E-state index contributed by atoms with van der Waals surface area (Å²) in [6, 6.07) is 0. The number of allylic oxidation sites excluding steroid dienone is 3. The van der Waals surface area contributed by atoms with Gasteiger partial charge in [0, 0.05) is 25.2 Å². The minimum atomic E-state index is -1.81. The second-order valence-corrected chi connectivity index (χ2v) is 20.1. The van der Waals surface area contributed by atoms with Gasteiger partial charge in [0.2, 0.25) is 0 Å². The smallest absolute Gasteiger partial charge is 0.316 e. The van der Waals surface area contributed by atoms with Crippen molar-refractivity contribution in [1.82, 2.24) is 0 Å². The van der Waals surface area contributed by atoms with E-state index in [1.165, 1.54) is 0 Å². The van der Waals surface area contributed by atoms with Crippen molar-refractivity contribution >= 4 is 43.8 Å². The first-order valence-corrected chi connectivity index (χ1v) is 21.0. The quantitative estimate of drug-likeness (QED) is 0.209. The highest BCUT2D eigenvalue weighted by Crippen LogP contribution is 2.60.